The third-order valence-corrected chi connectivity index (χ3v) is 2.84. The predicted octanol–water partition coefficient (Wildman–Crippen LogP) is -0.139. The fourth-order valence-corrected chi connectivity index (χ4v) is 1.72. The van der Waals surface area contributed by atoms with Gasteiger partial charge in [-0.1, -0.05) is 0 Å². The number of likely N-dealkylation sites (N-methyl/N-ethyl adjacent to an activating group) is 2. The summed E-state index contributed by atoms with van der Waals surface area (Å²) in [7, 11) is 1.73. The first-order valence-electron chi connectivity index (χ1n) is 6.90. The van der Waals surface area contributed by atoms with Gasteiger partial charge in [-0.15, -0.1) is 0 Å². The lowest BCUT2D eigenvalue weighted by Gasteiger charge is -2.23. The van der Waals surface area contributed by atoms with Gasteiger partial charge in [0.05, 0.1) is 13.2 Å². The van der Waals surface area contributed by atoms with Crippen LogP contribution in [0.4, 0.5) is 11.9 Å². The van der Waals surface area contributed by atoms with Crippen molar-refractivity contribution >= 4 is 17.8 Å². The Bertz CT molecular complexity index is 465. The molecule has 118 valence electrons. The van der Waals surface area contributed by atoms with Crippen molar-refractivity contribution in [3.8, 4) is 6.01 Å². The summed E-state index contributed by atoms with van der Waals surface area (Å²) < 4.78 is 5.25. The number of aromatic nitrogens is 3. The predicted molar refractivity (Wildman–Crippen MR) is 80.0 cm³/mol. The van der Waals surface area contributed by atoms with E-state index in [2.05, 4.69) is 20.4 Å². The number of nitrogens with two attached hydrogens (primary N) is 1. The number of nitrogens with zero attached hydrogens (tertiary/aromatic N) is 5. The van der Waals surface area contributed by atoms with Crippen LogP contribution < -0.4 is 20.9 Å². The maximum absolute atomic E-state index is 12.1. The average molecular weight is 297 g/mol. The fraction of sp³-hybridized carbons (Fsp3) is 0.667. The molecule has 0 unspecified atom stereocenters. The van der Waals surface area contributed by atoms with E-state index in [4.69, 9.17) is 10.6 Å². The second-order valence-electron chi connectivity index (χ2n) is 4.24. The van der Waals surface area contributed by atoms with Gasteiger partial charge in [0.1, 0.15) is 0 Å². The van der Waals surface area contributed by atoms with Gasteiger partial charge in [-0.3, -0.25) is 10.2 Å². The molecular formula is C12H23N7O2. The molecule has 21 heavy (non-hydrogen) atoms. The minimum absolute atomic E-state index is 0.00290. The van der Waals surface area contributed by atoms with Gasteiger partial charge in [0.25, 0.3) is 0 Å². The fourth-order valence-electron chi connectivity index (χ4n) is 1.72. The Morgan fingerprint density at radius 2 is 1.90 bits per heavy atom. The standard InChI is InChI=1S/C12H23N7O2/c1-5-19(6-2)9(20)8-18(4)11-14-10(17-13)15-12(16-11)21-7-3/h5-8,13H2,1-4H3,(H,14,15,16,17). The van der Waals surface area contributed by atoms with E-state index in [0.717, 1.165) is 0 Å². The van der Waals surface area contributed by atoms with Crippen molar-refractivity contribution in [2.24, 2.45) is 5.84 Å². The summed E-state index contributed by atoms with van der Waals surface area (Å²) in [6.07, 6.45) is 0. The molecule has 0 aliphatic heterocycles. The van der Waals surface area contributed by atoms with Gasteiger partial charge in [-0.25, -0.2) is 5.84 Å². The van der Waals surface area contributed by atoms with Crippen LogP contribution in [0, 0.1) is 0 Å². The molecule has 9 nitrogen and oxygen atoms in total. The van der Waals surface area contributed by atoms with Gasteiger partial charge >= 0.3 is 6.01 Å². The van der Waals surface area contributed by atoms with Crippen molar-refractivity contribution in [1.29, 1.82) is 0 Å². The van der Waals surface area contributed by atoms with E-state index in [1.807, 2.05) is 20.8 Å². The minimum Gasteiger partial charge on any atom is -0.464 e. The molecule has 0 aliphatic carbocycles. The highest BCUT2D eigenvalue weighted by atomic mass is 16.5. The molecular weight excluding hydrogens is 274 g/mol. The van der Waals surface area contributed by atoms with Crippen molar-refractivity contribution in [3.63, 3.8) is 0 Å². The van der Waals surface area contributed by atoms with Crippen LogP contribution in [0.15, 0.2) is 0 Å². The molecule has 3 N–H and O–H groups in total. The molecule has 0 fully saturated rings. The molecule has 0 atom stereocenters. The molecule has 1 aromatic heterocycles. The number of ether oxygens (including phenoxy) is 1. The van der Waals surface area contributed by atoms with Gasteiger partial charge in [0.15, 0.2) is 0 Å². The number of rotatable bonds is 8. The number of carbonyl (C=O) groups is 1. The molecule has 0 saturated carbocycles. The van der Waals surface area contributed by atoms with Gasteiger partial charge in [0, 0.05) is 20.1 Å². The number of amides is 1. The topological polar surface area (TPSA) is 110 Å². The lowest BCUT2D eigenvalue weighted by molar-refractivity contribution is -0.129. The molecule has 1 amide bonds. The largest absolute Gasteiger partial charge is 0.464 e. The first-order chi connectivity index (χ1) is 10.0. The SMILES string of the molecule is CCOc1nc(NN)nc(N(C)CC(=O)N(CC)CC)n1. The Kier molecular flexibility index (Phi) is 6.60. The Labute approximate surface area is 124 Å². The minimum atomic E-state index is 0.00290. The molecule has 1 rings (SSSR count). The van der Waals surface area contributed by atoms with E-state index in [-0.39, 0.29) is 24.4 Å². The number of hydrogen-bond donors (Lipinski definition) is 2. The van der Waals surface area contributed by atoms with Crippen LogP contribution in [0.3, 0.4) is 0 Å². The monoisotopic (exact) mass is 297 g/mol. The number of anilines is 2. The highest BCUT2D eigenvalue weighted by Gasteiger charge is 2.16. The van der Waals surface area contributed by atoms with E-state index < -0.39 is 0 Å². The zero-order valence-corrected chi connectivity index (χ0v) is 13.0. The van der Waals surface area contributed by atoms with Crippen molar-refractivity contribution < 1.29 is 9.53 Å². The van der Waals surface area contributed by atoms with Crippen LogP contribution in [0.2, 0.25) is 0 Å². The van der Waals surface area contributed by atoms with Gasteiger partial charge in [-0.2, -0.15) is 15.0 Å². The van der Waals surface area contributed by atoms with Gasteiger partial charge in [0.2, 0.25) is 17.8 Å². The number of nitrogen functional groups attached to an aromatic ring is 1. The second kappa shape index (κ2) is 8.20. The quantitative estimate of drug-likeness (QED) is 0.504. The normalized spacial score (nSPS) is 10.1. The summed E-state index contributed by atoms with van der Waals surface area (Å²) in [5.74, 6) is 5.83. The maximum Gasteiger partial charge on any atom is 0.323 e. The highest BCUT2D eigenvalue weighted by Crippen LogP contribution is 2.13. The van der Waals surface area contributed by atoms with Gasteiger partial charge in [-0.05, 0) is 20.8 Å². The van der Waals surface area contributed by atoms with Crippen LogP contribution in [0.25, 0.3) is 0 Å². The Morgan fingerprint density at radius 1 is 1.24 bits per heavy atom. The number of nitrogens with one attached hydrogen (secondary N) is 1. The molecule has 0 bridgehead atoms. The zero-order chi connectivity index (χ0) is 15.8. The lowest BCUT2D eigenvalue weighted by Crippen LogP contribution is -2.39. The molecule has 0 aromatic carbocycles. The summed E-state index contributed by atoms with van der Waals surface area (Å²) in [5, 5.41) is 0. The first kappa shape index (κ1) is 16.9. The zero-order valence-electron chi connectivity index (χ0n) is 13.0. The summed E-state index contributed by atoms with van der Waals surface area (Å²) in [5.41, 5.74) is 2.36. The summed E-state index contributed by atoms with van der Waals surface area (Å²) in [6, 6.07) is 0.164. The summed E-state index contributed by atoms with van der Waals surface area (Å²) in [6.45, 7) is 7.63. The van der Waals surface area contributed by atoms with E-state index in [1.54, 1.807) is 16.8 Å². The molecule has 1 aromatic rings. The number of hydrogen-bond acceptors (Lipinski definition) is 8. The van der Waals surface area contributed by atoms with Crippen LogP contribution in [0.5, 0.6) is 6.01 Å². The lowest BCUT2D eigenvalue weighted by atomic mass is 10.4. The summed E-state index contributed by atoms with van der Waals surface area (Å²) in [4.78, 5) is 27.7. The smallest absolute Gasteiger partial charge is 0.323 e. The Morgan fingerprint density at radius 3 is 2.43 bits per heavy atom. The highest BCUT2D eigenvalue weighted by molar-refractivity contribution is 5.80. The molecule has 9 heteroatoms. The summed E-state index contributed by atoms with van der Waals surface area (Å²) >= 11 is 0. The molecule has 1 heterocycles. The Hall–Kier alpha value is -2.16. The average Bonchev–Trinajstić information content (AvgIpc) is 2.48. The molecule has 0 aliphatic rings. The Balaban J connectivity index is 2.87. The van der Waals surface area contributed by atoms with E-state index in [0.29, 0.717) is 25.6 Å². The van der Waals surface area contributed by atoms with E-state index in [9.17, 15) is 4.79 Å². The van der Waals surface area contributed by atoms with Crippen molar-refractivity contribution in [1.82, 2.24) is 19.9 Å². The van der Waals surface area contributed by atoms with Crippen LogP contribution in [0.1, 0.15) is 20.8 Å². The molecule has 0 saturated heterocycles. The molecule has 0 spiro atoms. The third kappa shape index (κ3) is 4.71. The molecule has 0 radical (unpaired) electrons. The first-order valence-corrected chi connectivity index (χ1v) is 6.90. The van der Waals surface area contributed by atoms with Crippen molar-refractivity contribution in [3.05, 3.63) is 0 Å². The van der Waals surface area contributed by atoms with Gasteiger partial charge < -0.3 is 14.5 Å². The third-order valence-electron chi connectivity index (χ3n) is 2.84. The van der Waals surface area contributed by atoms with Crippen LogP contribution in [-0.4, -0.2) is 59.0 Å². The number of hydrazine groups is 1. The van der Waals surface area contributed by atoms with Crippen LogP contribution >= 0.6 is 0 Å². The van der Waals surface area contributed by atoms with Crippen molar-refractivity contribution in [2.75, 3.05) is 43.6 Å². The van der Waals surface area contributed by atoms with Crippen LogP contribution in [-0.2, 0) is 4.79 Å². The van der Waals surface area contributed by atoms with E-state index >= 15 is 0 Å². The van der Waals surface area contributed by atoms with Crippen molar-refractivity contribution in [2.45, 2.75) is 20.8 Å². The maximum atomic E-state index is 12.1. The number of carbonyl (C=O) groups excluding carboxylic acids is 1. The second-order valence-corrected chi connectivity index (χ2v) is 4.24. The van der Waals surface area contributed by atoms with E-state index in [1.165, 1.54) is 0 Å².